The van der Waals surface area contributed by atoms with E-state index in [1.54, 1.807) is 13.8 Å². The number of pyridine rings is 1. The van der Waals surface area contributed by atoms with E-state index in [9.17, 15) is 13.6 Å². The van der Waals surface area contributed by atoms with Gasteiger partial charge in [-0.15, -0.1) is 0 Å². The molecule has 1 aromatic rings. The van der Waals surface area contributed by atoms with E-state index in [1.165, 1.54) is 6.92 Å². The lowest BCUT2D eigenvalue weighted by molar-refractivity contribution is 0.0689. The van der Waals surface area contributed by atoms with Gasteiger partial charge in [0.1, 0.15) is 5.69 Å². The van der Waals surface area contributed by atoms with E-state index < -0.39 is 17.0 Å². The topological polar surface area (TPSA) is 50.2 Å². The quantitative estimate of drug-likeness (QED) is 0.849. The number of rotatable bonds is 3. The maximum Gasteiger partial charge on any atom is 0.364 e. The minimum absolute atomic E-state index is 0.0373. The zero-order chi connectivity index (χ0) is 13.4. The van der Waals surface area contributed by atoms with Gasteiger partial charge < -0.3 is 5.11 Å². The van der Waals surface area contributed by atoms with Crippen molar-refractivity contribution >= 4 is 17.6 Å². The third-order valence-corrected chi connectivity index (χ3v) is 2.49. The molecule has 0 fully saturated rings. The van der Waals surface area contributed by atoms with Crippen LogP contribution in [0.5, 0.6) is 0 Å². The Hall–Kier alpha value is -1.23. The molecule has 1 heterocycles. The fourth-order valence-corrected chi connectivity index (χ4v) is 1.64. The number of hydrogen-bond acceptors (Lipinski definition) is 2. The Morgan fingerprint density at radius 2 is 2.06 bits per heavy atom. The van der Waals surface area contributed by atoms with E-state index in [0.29, 0.717) is 0 Å². The van der Waals surface area contributed by atoms with E-state index >= 15 is 0 Å². The van der Waals surface area contributed by atoms with Crippen LogP contribution in [0.1, 0.15) is 47.1 Å². The van der Waals surface area contributed by atoms with E-state index in [-0.39, 0.29) is 22.7 Å². The standard InChI is InChI=1S/C11H12ClF2NO2/c1-5(2)9-8(10(16)17)6(3)4-7(15-9)11(12,13)14/h4-5H,1-3H3,(H,16,17). The number of carboxylic acid groups (broad SMARTS) is 1. The molecule has 0 bridgehead atoms. The summed E-state index contributed by atoms with van der Waals surface area (Å²) >= 11 is 4.90. The molecule has 0 aliphatic carbocycles. The number of carbonyl (C=O) groups is 1. The number of aromatic nitrogens is 1. The molecule has 94 valence electrons. The molecule has 1 N–H and O–H groups in total. The second-order valence-corrected chi connectivity index (χ2v) is 4.52. The Labute approximate surface area is 102 Å². The Morgan fingerprint density at radius 1 is 1.53 bits per heavy atom. The molecule has 0 radical (unpaired) electrons. The predicted molar refractivity (Wildman–Crippen MR) is 59.8 cm³/mol. The molecule has 0 aliphatic heterocycles. The highest BCUT2D eigenvalue weighted by atomic mass is 35.5. The van der Waals surface area contributed by atoms with Crippen molar-refractivity contribution in [3.63, 3.8) is 0 Å². The molecule has 0 spiro atoms. The molecule has 6 heteroatoms. The SMILES string of the molecule is Cc1cc(C(F)(F)Cl)nc(C(C)C)c1C(=O)O. The number of nitrogens with zero attached hydrogens (tertiary/aromatic N) is 1. The van der Waals surface area contributed by atoms with Gasteiger partial charge in [-0.1, -0.05) is 13.8 Å². The summed E-state index contributed by atoms with van der Waals surface area (Å²) in [5.74, 6) is -1.46. The lowest BCUT2D eigenvalue weighted by atomic mass is 9.99. The molecule has 3 nitrogen and oxygen atoms in total. The minimum Gasteiger partial charge on any atom is -0.478 e. The van der Waals surface area contributed by atoms with Gasteiger partial charge in [-0.3, -0.25) is 0 Å². The first-order valence-electron chi connectivity index (χ1n) is 4.96. The maximum absolute atomic E-state index is 13.0. The minimum atomic E-state index is -3.59. The summed E-state index contributed by atoms with van der Waals surface area (Å²) in [7, 11) is 0. The molecule has 1 aromatic heterocycles. The highest BCUT2D eigenvalue weighted by Crippen LogP contribution is 2.33. The zero-order valence-corrected chi connectivity index (χ0v) is 10.3. The third-order valence-electron chi connectivity index (χ3n) is 2.30. The summed E-state index contributed by atoms with van der Waals surface area (Å²) < 4.78 is 25.9. The molecule has 1 rings (SSSR count). The first-order valence-corrected chi connectivity index (χ1v) is 5.34. The van der Waals surface area contributed by atoms with Crippen molar-refractivity contribution in [1.29, 1.82) is 0 Å². The molecule has 0 atom stereocenters. The van der Waals surface area contributed by atoms with Gasteiger partial charge in [0.05, 0.1) is 11.3 Å². The second-order valence-electron chi connectivity index (χ2n) is 4.04. The van der Waals surface area contributed by atoms with Gasteiger partial charge in [-0.2, -0.15) is 8.78 Å². The summed E-state index contributed by atoms with van der Waals surface area (Å²) in [5.41, 5.74) is -0.311. The lowest BCUT2D eigenvalue weighted by Gasteiger charge is -2.15. The monoisotopic (exact) mass is 263 g/mol. The van der Waals surface area contributed by atoms with Gasteiger partial charge in [0, 0.05) is 0 Å². The maximum atomic E-state index is 13.0. The van der Waals surface area contributed by atoms with E-state index in [0.717, 1.165) is 6.07 Å². The highest BCUT2D eigenvalue weighted by Gasteiger charge is 2.32. The van der Waals surface area contributed by atoms with Crippen molar-refractivity contribution < 1.29 is 18.7 Å². The van der Waals surface area contributed by atoms with Gasteiger partial charge >= 0.3 is 11.4 Å². The summed E-state index contributed by atoms with van der Waals surface area (Å²) in [6.45, 7) is 4.82. The van der Waals surface area contributed by atoms with E-state index in [2.05, 4.69) is 4.98 Å². The van der Waals surface area contributed by atoms with Crippen LogP contribution in [0.3, 0.4) is 0 Å². The third kappa shape index (κ3) is 2.91. The van der Waals surface area contributed by atoms with Crippen LogP contribution in [0, 0.1) is 6.92 Å². The Balaban J connectivity index is 3.52. The van der Waals surface area contributed by atoms with E-state index in [1.807, 2.05) is 0 Å². The number of halogens is 3. The molecule has 0 saturated carbocycles. The largest absolute Gasteiger partial charge is 0.478 e. The van der Waals surface area contributed by atoms with Crippen LogP contribution < -0.4 is 0 Å². The molecule has 0 unspecified atom stereocenters. The normalized spacial score (nSPS) is 11.9. The Kier molecular flexibility index (Phi) is 3.71. The van der Waals surface area contributed by atoms with Gasteiger partial charge in [0.2, 0.25) is 0 Å². The van der Waals surface area contributed by atoms with Crippen LogP contribution >= 0.6 is 11.6 Å². The van der Waals surface area contributed by atoms with Crippen LogP contribution in [-0.4, -0.2) is 16.1 Å². The van der Waals surface area contributed by atoms with Crippen molar-refractivity contribution in [2.75, 3.05) is 0 Å². The Bertz CT molecular complexity index is 456. The number of aromatic carboxylic acids is 1. The van der Waals surface area contributed by atoms with Crippen molar-refractivity contribution in [1.82, 2.24) is 4.98 Å². The average Bonchev–Trinajstić information content (AvgIpc) is 2.13. The van der Waals surface area contributed by atoms with Crippen LogP contribution in [-0.2, 0) is 5.38 Å². The summed E-state index contributed by atoms with van der Waals surface area (Å²) in [5, 5.41) is 5.44. The molecular weight excluding hydrogens is 252 g/mol. The summed E-state index contributed by atoms with van der Waals surface area (Å²) in [4.78, 5) is 14.7. The van der Waals surface area contributed by atoms with Crippen LogP contribution in [0.15, 0.2) is 6.07 Å². The molecule has 0 aliphatic rings. The van der Waals surface area contributed by atoms with E-state index in [4.69, 9.17) is 16.7 Å². The first kappa shape index (κ1) is 13.8. The van der Waals surface area contributed by atoms with Gasteiger partial charge in [0.15, 0.2) is 0 Å². The highest BCUT2D eigenvalue weighted by molar-refractivity contribution is 6.21. The molecule has 0 amide bonds. The lowest BCUT2D eigenvalue weighted by Crippen LogP contribution is -2.15. The van der Waals surface area contributed by atoms with Gasteiger partial charge in [0.25, 0.3) is 0 Å². The van der Waals surface area contributed by atoms with Gasteiger partial charge in [-0.05, 0) is 36.1 Å². The number of aryl methyl sites for hydroxylation is 1. The fraction of sp³-hybridized carbons (Fsp3) is 0.455. The zero-order valence-electron chi connectivity index (χ0n) is 9.59. The summed E-state index contributed by atoms with van der Waals surface area (Å²) in [6, 6.07) is 1.00. The van der Waals surface area contributed by atoms with Crippen LogP contribution in [0.25, 0.3) is 0 Å². The van der Waals surface area contributed by atoms with Crippen molar-refractivity contribution in [3.05, 3.63) is 28.6 Å². The molecule has 0 saturated heterocycles. The fourth-order valence-electron chi connectivity index (χ4n) is 1.54. The molecular formula is C11H12ClF2NO2. The Morgan fingerprint density at radius 3 is 2.41 bits per heavy atom. The number of carboxylic acids is 1. The number of hydrogen-bond donors (Lipinski definition) is 1. The number of alkyl halides is 3. The predicted octanol–water partition coefficient (Wildman–Crippen LogP) is 3.50. The van der Waals surface area contributed by atoms with Crippen LogP contribution in [0.4, 0.5) is 8.78 Å². The summed E-state index contributed by atoms with van der Waals surface area (Å²) in [6.07, 6.45) is 0. The smallest absolute Gasteiger partial charge is 0.364 e. The van der Waals surface area contributed by atoms with Crippen LogP contribution in [0.2, 0.25) is 0 Å². The molecule has 17 heavy (non-hydrogen) atoms. The van der Waals surface area contributed by atoms with Crippen molar-refractivity contribution in [2.45, 2.75) is 32.1 Å². The van der Waals surface area contributed by atoms with Crippen molar-refractivity contribution in [3.8, 4) is 0 Å². The average molecular weight is 264 g/mol. The first-order chi connectivity index (χ1) is 7.64. The van der Waals surface area contributed by atoms with Crippen molar-refractivity contribution in [2.24, 2.45) is 0 Å². The van der Waals surface area contributed by atoms with Gasteiger partial charge in [-0.25, -0.2) is 9.78 Å². The second kappa shape index (κ2) is 4.56. The molecule has 0 aromatic carbocycles.